The average molecular weight is 506 g/mol. The zero-order chi connectivity index (χ0) is 26.5. The van der Waals surface area contributed by atoms with Gasteiger partial charge < -0.3 is 19.3 Å². The van der Waals surface area contributed by atoms with Crippen molar-refractivity contribution in [3.63, 3.8) is 0 Å². The van der Waals surface area contributed by atoms with Crippen LogP contribution in [0.5, 0.6) is 0 Å². The molecule has 0 radical (unpaired) electrons. The summed E-state index contributed by atoms with van der Waals surface area (Å²) in [5, 5.41) is 0. The number of hydrogen-bond donors (Lipinski definition) is 0. The van der Waals surface area contributed by atoms with Gasteiger partial charge in [-0.05, 0) is 57.7 Å². The van der Waals surface area contributed by atoms with Crippen LogP contribution in [-0.4, -0.2) is 90.8 Å². The molecule has 2 atom stereocenters. The number of ether oxygens (including phenoxy) is 2. The van der Waals surface area contributed by atoms with Gasteiger partial charge in [-0.1, -0.05) is 26.0 Å². The van der Waals surface area contributed by atoms with E-state index in [0.717, 1.165) is 31.6 Å². The molecule has 36 heavy (non-hydrogen) atoms. The Balaban J connectivity index is 0.00000176. The van der Waals surface area contributed by atoms with E-state index in [9.17, 15) is 9.59 Å². The number of benzene rings is 1. The molecule has 1 unspecified atom stereocenters. The quantitative estimate of drug-likeness (QED) is 0.608. The summed E-state index contributed by atoms with van der Waals surface area (Å²) < 4.78 is 26.0. The van der Waals surface area contributed by atoms with Gasteiger partial charge in [0.2, 0.25) is 5.91 Å². The Hall–Kier alpha value is -2.19. The van der Waals surface area contributed by atoms with Gasteiger partial charge >= 0.3 is 6.09 Å². The number of piperazine rings is 1. The molecule has 0 bridgehead atoms. The highest BCUT2D eigenvalue weighted by Crippen LogP contribution is 2.38. The van der Waals surface area contributed by atoms with Gasteiger partial charge in [0.05, 0.1) is 5.92 Å². The Bertz CT molecular complexity index is 889. The lowest BCUT2D eigenvalue weighted by Gasteiger charge is -2.37. The molecule has 3 saturated heterocycles. The first-order valence-electron chi connectivity index (χ1n) is 13.5. The summed E-state index contributed by atoms with van der Waals surface area (Å²) >= 11 is 0. The second kappa shape index (κ2) is 12.4. The highest BCUT2D eigenvalue weighted by atomic mass is 19.1. The molecule has 1 aromatic rings. The maximum absolute atomic E-state index is 15.0. The van der Waals surface area contributed by atoms with E-state index in [4.69, 9.17) is 9.47 Å². The minimum atomic E-state index is -0.549. The Labute approximate surface area is 215 Å². The molecule has 8 heteroatoms. The summed E-state index contributed by atoms with van der Waals surface area (Å²) in [6.45, 7) is 16.0. The van der Waals surface area contributed by atoms with E-state index in [2.05, 4.69) is 4.90 Å². The van der Waals surface area contributed by atoms with Crippen LogP contribution in [0.4, 0.5) is 9.18 Å². The molecule has 7 nitrogen and oxygen atoms in total. The third kappa shape index (κ3) is 6.97. The topological polar surface area (TPSA) is 62.3 Å². The first-order valence-corrected chi connectivity index (χ1v) is 13.5. The normalized spacial score (nSPS) is 23.8. The first kappa shape index (κ1) is 28.4. The van der Waals surface area contributed by atoms with Crippen molar-refractivity contribution in [3.05, 3.63) is 35.1 Å². The lowest BCUT2D eigenvalue weighted by Crippen LogP contribution is -2.53. The number of halogens is 1. The molecule has 3 aliphatic heterocycles. The van der Waals surface area contributed by atoms with Gasteiger partial charge in [-0.25, -0.2) is 9.18 Å². The summed E-state index contributed by atoms with van der Waals surface area (Å²) in [7, 11) is 0. The zero-order valence-electron chi connectivity index (χ0n) is 22.9. The maximum atomic E-state index is 15.0. The largest absolute Gasteiger partial charge is 0.444 e. The molecule has 3 heterocycles. The fraction of sp³-hybridized carbons (Fsp3) is 0.714. The predicted molar refractivity (Wildman–Crippen MR) is 139 cm³/mol. The summed E-state index contributed by atoms with van der Waals surface area (Å²) in [5.74, 6) is -0.650. The van der Waals surface area contributed by atoms with Gasteiger partial charge in [0.1, 0.15) is 11.4 Å². The molecule has 1 aromatic carbocycles. The minimum absolute atomic E-state index is 0.0587. The number of carbonyl (C=O) groups is 2. The zero-order valence-corrected chi connectivity index (χ0v) is 22.9. The summed E-state index contributed by atoms with van der Waals surface area (Å²) in [4.78, 5) is 32.0. The van der Waals surface area contributed by atoms with Crippen LogP contribution in [0.1, 0.15) is 64.5 Å². The Morgan fingerprint density at radius 2 is 1.61 bits per heavy atom. The van der Waals surface area contributed by atoms with E-state index < -0.39 is 5.60 Å². The number of nitrogens with zero attached hydrogens (tertiary/aromatic N) is 3. The molecule has 0 aliphatic carbocycles. The van der Waals surface area contributed by atoms with Crippen molar-refractivity contribution in [2.24, 2.45) is 5.92 Å². The second-order valence-electron chi connectivity index (χ2n) is 10.8. The molecule has 3 aliphatic rings. The number of hydrogen-bond acceptors (Lipinski definition) is 5. The van der Waals surface area contributed by atoms with Crippen LogP contribution < -0.4 is 0 Å². The number of carbonyl (C=O) groups excluding carboxylic acids is 2. The standard InChI is InChI=1S/C26H38FN3O4.C2H6/c1-18-5-6-20(23(27)15-18)21-16-30(19-7-13-33-14-8-19)17-22(21)24(31)28-9-11-29(12-10-28)25(32)34-26(2,3)4;1-2/h5-6,15,19,21-22H,7-14,16-17H2,1-4H3;1-2H3/t21-,22?;/m0./s1. The molecule has 202 valence electrons. The molecule has 0 saturated carbocycles. The average Bonchev–Trinajstić information content (AvgIpc) is 3.29. The SMILES string of the molecule is CC.Cc1ccc([C@@H]2CN(C3CCOCC3)CC2C(=O)N2CCN(C(=O)OC(C)(C)C)CC2)c(F)c1. The molecule has 0 aromatic heterocycles. The van der Waals surface area contributed by atoms with E-state index in [0.29, 0.717) is 50.9 Å². The van der Waals surface area contributed by atoms with Crippen LogP contribution in [0.2, 0.25) is 0 Å². The summed E-state index contributed by atoms with van der Waals surface area (Å²) in [6.07, 6.45) is 1.54. The van der Waals surface area contributed by atoms with E-state index in [1.807, 2.05) is 58.6 Å². The van der Waals surface area contributed by atoms with Crippen molar-refractivity contribution < 1.29 is 23.5 Å². The van der Waals surface area contributed by atoms with Gasteiger partial charge in [0.15, 0.2) is 0 Å². The van der Waals surface area contributed by atoms with Gasteiger partial charge in [0.25, 0.3) is 0 Å². The van der Waals surface area contributed by atoms with Crippen LogP contribution in [0.3, 0.4) is 0 Å². The van der Waals surface area contributed by atoms with Gasteiger partial charge in [-0.15, -0.1) is 0 Å². The van der Waals surface area contributed by atoms with Gasteiger partial charge in [-0.2, -0.15) is 0 Å². The van der Waals surface area contributed by atoms with E-state index >= 15 is 4.39 Å². The van der Waals surface area contributed by atoms with Crippen molar-refractivity contribution >= 4 is 12.0 Å². The molecule has 4 rings (SSSR count). The maximum Gasteiger partial charge on any atom is 0.410 e. The third-order valence-electron chi connectivity index (χ3n) is 7.17. The van der Waals surface area contributed by atoms with E-state index in [1.54, 1.807) is 11.0 Å². The van der Waals surface area contributed by atoms with Crippen LogP contribution >= 0.6 is 0 Å². The van der Waals surface area contributed by atoms with Crippen molar-refractivity contribution in [2.45, 2.75) is 71.9 Å². The van der Waals surface area contributed by atoms with Crippen molar-refractivity contribution in [1.82, 2.24) is 14.7 Å². The lowest BCUT2D eigenvalue weighted by atomic mass is 9.87. The van der Waals surface area contributed by atoms with Crippen molar-refractivity contribution in [3.8, 4) is 0 Å². The van der Waals surface area contributed by atoms with Crippen molar-refractivity contribution in [2.75, 3.05) is 52.5 Å². The van der Waals surface area contributed by atoms with E-state index in [-0.39, 0.29) is 29.7 Å². The summed E-state index contributed by atoms with van der Waals surface area (Å²) in [5.41, 5.74) is 0.958. The number of amides is 2. The fourth-order valence-electron chi connectivity index (χ4n) is 5.35. The summed E-state index contributed by atoms with van der Waals surface area (Å²) in [6, 6.07) is 5.71. The van der Waals surface area contributed by atoms with Crippen LogP contribution in [0.15, 0.2) is 18.2 Å². The number of rotatable bonds is 3. The van der Waals surface area contributed by atoms with Crippen LogP contribution in [0.25, 0.3) is 0 Å². The molecule has 0 N–H and O–H groups in total. The molecule has 3 fully saturated rings. The second-order valence-corrected chi connectivity index (χ2v) is 10.8. The smallest absolute Gasteiger partial charge is 0.410 e. The van der Waals surface area contributed by atoms with Crippen LogP contribution in [-0.2, 0) is 14.3 Å². The van der Waals surface area contributed by atoms with Gasteiger partial charge in [-0.3, -0.25) is 9.69 Å². The molecular formula is C28H44FN3O4. The Morgan fingerprint density at radius 3 is 2.19 bits per heavy atom. The third-order valence-corrected chi connectivity index (χ3v) is 7.17. The number of likely N-dealkylation sites (tertiary alicyclic amines) is 1. The highest BCUT2D eigenvalue weighted by molar-refractivity contribution is 5.81. The fourth-order valence-corrected chi connectivity index (χ4v) is 5.35. The minimum Gasteiger partial charge on any atom is -0.444 e. The van der Waals surface area contributed by atoms with Gasteiger partial charge in [0, 0.05) is 64.4 Å². The first-order chi connectivity index (χ1) is 17.1. The number of aryl methyl sites for hydroxylation is 1. The monoisotopic (exact) mass is 505 g/mol. The molecular weight excluding hydrogens is 461 g/mol. The predicted octanol–water partition coefficient (Wildman–Crippen LogP) is 4.43. The van der Waals surface area contributed by atoms with Crippen LogP contribution in [0, 0.1) is 18.7 Å². The molecule has 2 amide bonds. The lowest BCUT2D eigenvalue weighted by molar-refractivity contribution is -0.137. The Kier molecular flexibility index (Phi) is 9.75. The molecule has 0 spiro atoms. The Morgan fingerprint density at radius 1 is 1.00 bits per heavy atom. The van der Waals surface area contributed by atoms with E-state index in [1.165, 1.54) is 0 Å². The van der Waals surface area contributed by atoms with Crippen molar-refractivity contribution in [1.29, 1.82) is 0 Å². The highest BCUT2D eigenvalue weighted by Gasteiger charge is 2.44.